The average Bonchev–Trinajstić information content (AvgIpc) is 3.25. The molecule has 0 spiro atoms. The Balaban J connectivity index is 1.50. The number of para-hydroxylation sites is 2. The van der Waals surface area contributed by atoms with Gasteiger partial charge in [0.15, 0.2) is 5.65 Å². The molecule has 0 amide bonds. The predicted molar refractivity (Wildman–Crippen MR) is 106 cm³/mol. The Morgan fingerprint density at radius 1 is 1.15 bits per heavy atom. The van der Waals surface area contributed by atoms with Crippen LogP contribution < -0.4 is 5.32 Å². The van der Waals surface area contributed by atoms with Crippen LogP contribution in [-0.4, -0.2) is 29.3 Å². The summed E-state index contributed by atoms with van der Waals surface area (Å²) < 4.78 is 4.31. The molecule has 4 aromatic rings. The first-order valence-corrected chi connectivity index (χ1v) is 9.41. The van der Waals surface area contributed by atoms with Crippen LogP contribution >= 0.6 is 0 Å². The zero-order valence-electron chi connectivity index (χ0n) is 15.8. The van der Waals surface area contributed by atoms with Gasteiger partial charge in [-0.15, -0.1) is 0 Å². The first-order chi connectivity index (χ1) is 13.0. The minimum absolute atomic E-state index is 0.132. The molecule has 1 aromatic carbocycles. The predicted octanol–water partition coefficient (Wildman–Crippen LogP) is 3.88. The SMILES string of the molecule is CC(C)(C)n1ncc2c(NCc3nc4ccccc4n3C3CC3)ncnc21. The van der Waals surface area contributed by atoms with Crippen molar-refractivity contribution >= 4 is 27.9 Å². The van der Waals surface area contributed by atoms with Crippen LogP contribution in [0.2, 0.25) is 0 Å². The summed E-state index contributed by atoms with van der Waals surface area (Å²) in [7, 11) is 0. The molecule has 1 fully saturated rings. The van der Waals surface area contributed by atoms with E-state index in [9.17, 15) is 0 Å². The molecule has 5 rings (SSSR count). The number of hydrogen-bond donors (Lipinski definition) is 1. The first kappa shape index (κ1) is 16.2. The van der Waals surface area contributed by atoms with Gasteiger partial charge in [-0.1, -0.05) is 12.1 Å². The molecule has 7 nitrogen and oxygen atoms in total. The summed E-state index contributed by atoms with van der Waals surface area (Å²) in [5.41, 5.74) is 2.98. The highest BCUT2D eigenvalue weighted by Gasteiger charge is 2.28. The summed E-state index contributed by atoms with van der Waals surface area (Å²) in [5.74, 6) is 1.85. The molecular formula is C20H23N7. The van der Waals surface area contributed by atoms with Crippen LogP contribution in [0, 0.1) is 0 Å². The van der Waals surface area contributed by atoms with Crippen LogP contribution in [0.25, 0.3) is 22.1 Å². The maximum absolute atomic E-state index is 4.85. The Kier molecular flexibility index (Phi) is 3.47. The third kappa shape index (κ3) is 2.74. The van der Waals surface area contributed by atoms with Crippen molar-refractivity contribution in [1.29, 1.82) is 0 Å². The summed E-state index contributed by atoms with van der Waals surface area (Å²) in [4.78, 5) is 13.7. The van der Waals surface area contributed by atoms with Crippen molar-refractivity contribution in [2.45, 2.75) is 51.7 Å². The van der Waals surface area contributed by atoms with E-state index in [1.807, 2.05) is 16.9 Å². The molecule has 3 heterocycles. The molecule has 1 N–H and O–H groups in total. The number of fused-ring (bicyclic) bond motifs is 2. The van der Waals surface area contributed by atoms with Crippen molar-refractivity contribution in [3.05, 3.63) is 42.6 Å². The van der Waals surface area contributed by atoms with Gasteiger partial charge in [-0.3, -0.25) is 0 Å². The van der Waals surface area contributed by atoms with Crippen molar-refractivity contribution in [3.63, 3.8) is 0 Å². The molecule has 0 radical (unpaired) electrons. The second-order valence-corrected chi connectivity index (χ2v) is 8.16. The van der Waals surface area contributed by atoms with Gasteiger partial charge in [0, 0.05) is 6.04 Å². The van der Waals surface area contributed by atoms with E-state index in [-0.39, 0.29) is 5.54 Å². The summed E-state index contributed by atoms with van der Waals surface area (Å²) >= 11 is 0. The summed E-state index contributed by atoms with van der Waals surface area (Å²) in [6, 6.07) is 8.92. The Morgan fingerprint density at radius 3 is 2.74 bits per heavy atom. The van der Waals surface area contributed by atoms with Crippen molar-refractivity contribution in [1.82, 2.24) is 29.3 Å². The van der Waals surface area contributed by atoms with E-state index in [1.54, 1.807) is 6.33 Å². The highest BCUT2D eigenvalue weighted by molar-refractivity contribution is 5.86. The Labute approximate surface area is 157 Å². The fraction of sp³-hybridized carbons (Fsp3) is 0.400. The van der Waals surface area contributed by atoms with E-state index in [0.717, 1.165) is 28.2 Å². The van der Waals surface area contributed by atoms with Gasteiger partial charge in [0.05, 0.1) is 34.7 Å². The van der Waals surface area contributed by atoms with Crippen molar-refractivity contribution in [2.24, 2.45) is 0 Å². The number of aromatic nitrogens is 6. The highest BCUT2D eigenvalue weighted by atomic mass is 15.3. The number of rotatable bonds is 4. The van der Waals surface area contributed by atoms with Gasteiger partial charge in [-0.25, -0.2) is 19.6 Å². The van der Waals surface area contributed by atoms with Gasteiger partial charge >= 0.3 is 0 Å². The Hall–Kier alpha value is -2.96. The lowest BCUT2D eigenvalue weighted by molar-refractivity contribution is 0.366. The molecule has 138 valence electrons. The van der Waals surface area contributed by atoms with Gasteiger partial charge in [0.25, 0.3) is 0 Å². The third-order valence-corrected chi connectivity index (χ3v) is 5.00. The minimum atomic E-state index is -0.132. The molecule has 1 aliphatic carbocycles. The topological polar surface area (TPSA) is 73.5 Å². The zero-order chi connectivity index (χ0) is 18.6. The van der Waals surface area contributed by atoms with E-state index in [4.69, 9.17) is 4.98 Å². The maximum atomic E-state index is 4.85. The normalized spacial score (nSPS) is 14.9. The molecule has 0 atom stereocenters. The molecule has 1 saturated carbocycles. The fourth-order valence-electron chi connectivity index (χ4n) is 3.60. The molecule has 0 saturated heterocycles. The number of benzene rings is 1. The zero-order valence-corrected chi connectivity index (χ0v) is 15.8. The van der Waals surface area contributed by atoms with Crippen LogP contribution in [0.1, 0.15) is 45.5 Å². The van der Waals surface area contributed by atoms with Crippen LogP contribution in [-0.2, 0) is 12.1 Å². The average molecular weight is 361 g/mol. The largest absolute Gasteiger partial charge is 0.362 e. The molecule has 0 unspecified atom stereocenters. The van der Waals surface area contributed by atoms with Crippen LogP contribution in [0.3, 0.4) is 0 Å². The number of nitrogens with one attached hydrogen (secondary N) is 1. The lowest BCUT2D eigenvalue weighted by Crippen LogP contribution is -2.23. The molecular weight excluding hydrogens is 338 g/mol. The van der Waals surface area contributed by atoms with E-state index < -0.39 is 0 Å². The van der Waals surface area contributed by atoms with Gasteiger partial charge < -0.3 is 9.88 Å². The van der Waals surface area contributed by atoms with Crippen molar-refractivity contribution in [3.8, 4) is 0 Å². The molecule has 7 heteroatoms. The smallest absolute Gasteiger partial charge is 0.163 e. The lowest BCUT2D eigenvalue weighted by Gasteiger charge is -2.19. The van der Waals surface area contributed by atoms with Crippen LogP contribution in [0.4, 0.5) is 5.82 Å². The van der Waals surface area contributed by atoms with Crippen LogP contribution in [0.5, 0.6) is 0 Å². The summed E-state index contributed by atoms with van der Waals surface area (Å²) in [6.45, 7) is 6.98. The van der Waals surface area contributed by atoms with Crippen molar-refractivity contribution < 1.29 is 0 Å². The van der Waals surface area contributed by atoms with E-state index >= 15 is 0 Å². The quantitative estimate of drug-likeness (QED) is 0.597. The number of nitrogens with zero attached hydrogens (tertiary/aromatic N) is 6. The number of imidazole rings is 1. The molecule has 27 heavy (non-hydrogen) atoms. The molecule has 0 bridgehead atoms. The molecule has 1 aliphatic rings. The monoisotopic (exact) mass is 361 g/mol. The molecule has 3 aromatic heterocycles. The van der Waals surface area contributed by atoms with Gasteiger partial charge in [-0.2, -0.15) is 5.10 Å². The Bertz CT molecular complexity index is 1130. The maximum Gasteiger partial charge on any atom is 0.163 e. The van der Waals surface area contributed by atoms with E-state index in [0.29, 0.717) is 12.6 Å². The van der Waals surface area contributed by atoms with Gasteiger partial charge in [0.2, 0.25) is 0 Å². The summed E-state index contributed by atoms with van der Waals surface area (Å²) in [5, 5.41) is 8.92. The second-order valence-electron chi connectivity index (χ2n) is 8.16. The van der Waals surface area contributed by atoms with E-state index in [2.05, 4.69) is 63.9 Å². The summed E-state index contributed by atoms with van der Waals surface area (Å²) in [6.07, 6.45) is 5.89. The lowest BCUT2D eigenvalue weighted by atomic mass is 10.1. The number of anilines is 1. The number of hydrogen-bond acceptors (Lipinski definition) is 5. The third-order valence-electron chi connectivity index (χ3n) is 5.00. The first-order valence-electron chi connectivity index (χ1n) is 9.41. The highest BCUT2D eigenvalue weighted by Crippen LogP contribution is 2.38. The Morgan fingerprint density at radius 2 is 1.96 bits per heavy atom. The standard InChI is InChI=1S/C20H23N7/c1-20(2,3)27-19-14(10-24-27)18(22-12-23-19)21-11-17-25-15-6-4-5-7-16(15)26(17)13-8-9-13/h4-7,10,12-13H,8-9,11H2,1-3H3,(H,21,22,23). The second kappa shape index (κ2) is 5.77. The van der Waals surface area contributed by atoms with Gasteiger partial charge in [-0.05, 0) is 45.7 Å². The van der Waals surface area contributed by atoms with Crippen LogP contribution in [0.15, 0.2) is 36.8 Å². The minimum Gasteiger partial charge on any atom is -0.362 e. The molecule has 0 aliphatic heterocycles. The fourth-order valence-corrected chi connectivity index (χ4v) is 3.60. The van der Waals surface area contributed by atoms with Crippen molar-refractivity contribution in [2.75, 3.05) is 5.32 Å². The van der Waals surface area contributed by atoms with E-state index in [1.165, 1.54) is 18.4 Å². The van der Waals surface area contributed by atoms with Gasteiger partial charge in [0.1, 0.15) is 18.0 Å².